The summed E-state index contributed by atoms with van der Waals surface area (Å²) in [6.45, 7) is 8.50. The number of aromatic amines is 1. The van der Waals surface area contributed by atoms with Crippen molar-refractivity contribution in [2.24, 2.45) is 0 Å². The van der Waals surface area contributed by atoms with E-state index in [2.05, 4.69) is 40.6 Å². The van der Waals surface area contributed by atoms with Crippen LogP contribution in [0.5, 0.6) is 17.5 Å². The summed E-state index contributed by atoms with van der Waals surface area (Å²) in [6.07, 6.45) is 3.93. The molecule has 0 aliphatic carbocycles. The molecule has 0 amide bonds. The van der Waals surface area contributed by atoms with Gasteiger partial charge in [-0.2, -0.15) is 4.98 Å². The standard InChI is InChI=1S/C26H25N3O3/c1-5-26(17(2)3,19-7-6-8-21(15-19)31-4)18-9-11-20(12-10-18)32-25-28-23-16-27-14-13-22(23)24(30)29-25/h6-16H,2,5H2,1,3-4H3,(H,28,29,30). The fourth-order valence-corrected chi connectivity index (χ4v) is 4.19. The van der Waals surface area contributed by atoms with Crippen LogP contribution in [-0.2, 0) is 5.41 Å². The number of nitrogens with one attached hydrogen (secondary N) is 1. The first kappa shape index (κ1) is 21.3. The quantitative estimate of drug-likeness (QED) is 0.400. The highest BCUT2D eigenvalue weighted by Gasteiger charge is 2.33. The first-order chi connectivity index (χ1) is 15.5. The number of benzene rings is 2. The molecular weight excluding hydrogens is 402 g/mol. The van der Waals surface area contributed by atoms with Crippen molar-refractivity contribution in [3.8, 4) is 17.5 Å². The van der Waals surface area contributed by atoms with Gasteiger partial charge in [-0.05, 0) is 54.8 Å². The fraction of sp³-hybridized carbons (Fsp3) is 0.192. The van der Waals surface area contributed by atoms with E-state index in [-0.39, 0.29) is 17.0 Å². The van der Waals surface area contributed by atoms with Crippen molar-refractivity contribution in [2.75, 3.05) is 7.11 Å². The van der Waals surface area contributed by atoms with E-state index in [1.807, 2.05) is 43.3 Å². The first-order valence-electron chi connectivity index (χ1n) is 10.4. The predicted molar refractivity (Wildman–Crippen MR) is 126 cm³/mol. The van der Waals surface area contributed by atoms with E-state index < -0.39 is 0 Å². The third-order valence-corrected chi connectivity index (χ3v) is 5.87. The van der Waals surface area contributed by atoms with Gasteiger partial charge in [0.2, 0.25) is 0 Å². The van der Waals surface area contributed by atoms with Crippen LogP contribution in [0.4, 0.5) is 0 Å². The van der Waals surface area contributed by atoms with Gasteiger partial charge in [0.05, 0.1) is 24.2 Å². The number of rotatable bonds is 7. The van der Waals surface area contributed by atoms with Gasteiger partial charge in [0.25, 0.3) is 5.56 Å². The van der Waals surface area contributed by atoms with Gasteiger partial charge in [0.1, 0.15) is 11.5 Å². The molecule has 1 unspecified atom stereocenters. The summed E-state index contributed by atoms with van der Waals surface area (Å²) < 4.78 is 11.3. The van der Waals surface area contributed by atoms with Crippen molar-refractivity contribution < 1.29 is 9.47 Å². The van der Waals surface area contributed by atoms with E-state index in [9.17, 15) is 4.79 Å². The monoisotopic (exact) mass is 427 g/mol. The molecule has 0 spiro atoms. The van der Waals surface area contributed by atoms with Gasteiger partial charge in [-0.3, -0.25) is 14.8 Å². The summed E-state index contributed by atoms with van der Waals surface area (Å²) in [4.78, 5) is 23.3. The van der Waals surface area contributed by atoms with Crippen LogP contribution >= 0.6 is 0 Å². The van der Waals surface area contributed by atoms with Crippen LogP contribution in [0.1, 0.15) is 31.4 Å². The average molecular weight is 428 g/mol. The SMILES string of the molecule is C=C(C)C(CC)(c1ccc(Oc2nc3cnccc3c(=O)[nH]2)cc1)c1cccc(OC)c1. The summed E-state index contributed by atoms with van der Waals surface area (Å²) in [7, 11) is 1.67. The number of hydrogen-bond acceptors (Lipinski definition) is 5. The van der Waals surface area contributed by atoms with Crippen LogP contribution in [0, 0.1) is 0 Å². The molecule has 2 aromatic heterocycles. The highest BCUT2D eigenvalue weighted by atomic mass is 16.5. The Morgan fingerprint density at radius 2 is 1.88 bits per heavy atom. The van der Waals surface area contributed by atoms with Gasteiger partial charge < -0.3 is 9.47 Å². The molecule has 32 heavy (non-hydrogen) atoms. The van der Waals surface area contributed by atoms with E-state index in [4.69, 9.17) is 9.47 Å². The van der Waals surface area contributed by atoms with E-state index in [0.29, 0.717) is 16.7 Å². The van der Waals surface area contributed by atoms with Crippen LogP contribution < -0.4 is 15.0 Å². The Hall–Kier alpha value is -3.93. The lowest BCUT2D eigenvalue weighted by Gasteiger charge is -2.35. The smallest absolute Gasteiger partial charge is 0.302 e. The van der Waals surface area contributed by atoms with Crippen molar-refractivity contribution in [3.63, 3.8) is 0 Å². The average Bonchev–Trinajstić information content (AvgIpc) is 2.81. The minimum Gasteiger partial charge on any atom is -0.497 e. The number of hydrogen-bond donors (Lipinski definition) is 1. The first-order valence-corrected chi connectivity index (χ1v) is 10.4. The van der Waals surface area contributed by atoms with Crippen molar-refractivity contribution in [3.05, 3.63) is 101 Å². The molecule has 2 aromatic carbocycles. The molecule has 0 saturated heterocycles. The van der Waals surface area contributed by atoms with Crippen LogP contribution in [0.15, 0.2) is 83.9 Å². The van der Waals surface area contributed by atoms with Gasteiger partial charge >= 0.3 is 6.01 Å². The molecule has 4 aromatic rings. The minimum atomic E-state index is -0.367. The fourth-order valence-electron chi connectivity index (χ4n) is 4.19. The zero-order valence-electron chi connectivity index (χ0n) is 18.4. The molecule has 0 bridgehead atoms. The van der Waals surface area contributed by atoms with Gasteiger partial charge in [0, 0.05) is 11.6 Å². The Balaban J connectivity index is 1.69. The molecule has 1 N–H and O–H groups in total. The van der Waals surface area contributed by atoms with E-state index in [0.717, 1.165) is 28.9 Å². The van der Waals surface area contributed by atoms with E-state index in [1.54, 1.807) is 19.4 Å². The van der Waals surface area contributed by atoms with Crippen molar-refractivity contribution >= 4 is 10.9 Å². The summed E-state index contributed by atoms with van der Waals surface area (Å²) in [5.41, 5.74) is 3.09. The normalized spacial score (nSPS) is 12.8. The number of fused-ring (bicyclic) bond motifs is 1. The number of pyridine rings is 1. The van der Waals surface area contributed by atoms with Crippen molar-refractivity contribution in [1.82, 2.24) is 15.0 Å². The molecule has 4 rings (SSSR count). The third-order valence-electron chi connectivity index (χ3n) is 5.87. The van der Waals surface area contributed by atoms with Crippen molar-refractivity contribution in [1.29, 1.82) is 0 Å². The zero-order chi connectivity index (χ0) is 22.7. The Morgan fingerprint density at radius 1 is 1.09 bits per heavy atom. The van der Waals surface area contributed by atoms with Crippen LogP contribution in [0.25, 0.3) is 10.9 Å². The number of ether oxygens (including phenoxy) is 2. The maximum Gasteiger partial charge on any atom is 0.302 e. The van der Waals surface area contributed by atoms with Crippen LogP contribution in [0.2, 0.25) is 0 Å². The minimum absolute atomic E-state index is 0.123. The lowest BCUT2D eigenvalue weighted by molar-refractivity contribution is 0.413. The Labute approximate surface area is 186 Å². The molecule has 0 fully saturated rings. The topological polar surface area (TPSA) is 77.1 Å². The molecule has 0 radical (unpaired) electrons. The molecule has 0 saturated carbocycles. The van der Waals surface area contributed by atoms with Gasteiger partial charge in [-0.25, -0.2) is 0 Å². The summed E-state index contributed by atoms with van der Waals surface area (Å²) in [5.74, 6) is 1.37. The lowest BCUT2D eigenvalue weighted by atomic mass is 9.68. The van der Waals surface area contributed by atoms with Gasteiger partial charge in [0.15, 0.2) is 0 Å². The second kappa shape index (κ2) is 8.67. The second-order valence-corrected chi connectivity index (χ2v) is 7.66. The molecule has 6 heteroatoms. The third kappa shape index (κ3) is 3.75. The molecule has 6 nitrogen and oxygen atoms in total. The molecule has 2 heterocycles. The summed E-state index contributed by atoms with van der Waals surface area (Å²) >= 11 is 0. The lowest BCUT2D eigenvalue weighted by Crippen LogP contribution is -2.28. The number of aromatic nitrogens is 3. The van der Waals surface area contributed by atoms with E-state index >= 15 is 0 Å². The van der Waals surface area contributed by atoms with Crippen LogP contribution in [-0.4, -0.2) is 22.1 Å². The highest BCUT2D eigenvalue weighted by Crippen LogP contribution is 2.43. The second-order valence-electron chi connectivity index (χ2n) is 7.66. The van der Waals surface area contributed by atoms with Gasteiger partial charge in [-0.1, -0.05) is 43.3 Å². The summed E-state index contributed by atoms with van der Waals surface area (Å²) in [6, 6.07) is 17.6. The molecule has 0 aliphatic heterocycles. The number of methoxy groups -OCH3 is 1. The Morgan fingerprint density at radius 3 is 2.56 bits per heavy atom. The van der Waals surface area contributed by atoms with Crippen molar-refractivity contribution in [2.45, 2.75) is 25.7 Å². The largest absolute Gasteiger partial charge is 0.497 e. The Bertz CT molecular complexity index is 1330. The zero-order valence-corrected chi connectivity index (χ0v) is 18.4. The Kier molecular flexibility index (Phi) is 5.77. The summed E-state index contributed by atoms with van der Waals surface area (Å²) in [5, 5.41) is 0.468. The molecular formula is C26H25N3O3. The number of allylic oxidation sites excluding steroid dienone is 1. The number of nitrogens with zero attached hydrogens (tertiary/aromatic N) is 2. The van der Waals surface area contributed by atoms with Crippen LogP contribution in [0.3, 0.4) is 0 Å². The predicted octanol–water partition coefficient (Wildman–Crippen LogP) is 5.39. The maximum absolute atomic E-state index is 12.3. The molecule has 1 atom stereocenters. The number of H-pyrrole nitrogens is 1. The molecule has 162 valence electrons. The maximum atomic E-state index is 12.3. The molecule has 0 aliphatic rings. The van der Waals surface area contributed by atoms with Gasteiger partial charge in [-0.15, -0.1) is 0 Å². The van der Waals surface area contributed by atoms with E-state index in [1.165, 1.54) is 6.20 Å². The highest BCUT2D eigenvalue weighted by molar-refractivity contribution is 5.76.